The Morgan fingerprint density at radius 2 is 1.81 bits per heavy atom. The number of ether oxygens (including phenoxy) is 1. The number of ketones is 1. The number of nitrogens with zero attached hydrogens (tertiary/aromatic N) is 1. The highest BCUT2D eigenvalue weighted by Crippen LogP contribution is 2.53. The topological polar surface area (TPSA) is 26.3 Å². The van der Waals surface area contributed by atoms with Gasteiger partial charge in [0.05, 0.1) is 20.1 Å². The Balaban J connectivity index is 2.12. The van der Waals surface area contributed by atoms with E-state index in [1.54, 1.807) is 0 Å². The van der Waals surface area contributed by atoms with Crippen molar-refractivity contribution in [2.24, 2.45) is 0 Å². The van der Waals surface area contributed by atoms with Crippen LogP contribution in [0.3, 0.4) is 0 Å². The second-order valence-corrected chi connectivity index (χ2v) is 7.57. The summed E-state index contributed by atoms with van der Waals surface area (Å²) >= 11 is 0. The van der Waals surface area contributed by atoms with Gasteiger partial charge in [0.15, 0.2) is 5.78 Å². The number of benzene rings is 1. The number of quaternary nitrogens is 1. The van der Waals surface area contributed by atoms with Crippen molar-refractivity contribution in [3.05, 3.63) is 34.9 Å². The van der Waals surface area contributed by atoms with Gasteiger partial charge < -0.3 is 9.22 Å². The predicted octanol–water partition coefficient (Wildman–Crippen LogP) is 2.94. The lowest BCUT2D eigenvalue weighted by molar-refractivity contribution is -0.932. The molecule has 3 heteroatoms. The van der Waals surface area contributed by atoms with E-state index >= 15 is 0 Å². The molecule has 3 rings (SSSR count). The van der Waals surface area contributed by atoms with E-state index in [-0.39, 0.29) is 24.0 Å². The predicted molar refractivity (Wildman–Crippen MR) is 83.2 cm³/mol. The zero-order chi connectivity index (χ0) is 15.4. The molecule has 0 N–H and O–H groups in total. The summed E-state index contributed by atoms with van der Waals surface area (Å²) in [7, 11) is 4.54. The minimum Gasteiger partial charge on any atom is -0.360 e. The number of carbonyl (C=O) groups excluding carboxylic acids is 1. The van der Waals surface area contributed by atoms with Crippen LogP contribution in [0.15, 0.2) is 18.2 Å². The molecule has 0 aliphatic carbocycles. The lowest BCUT2D eigenvalue weighted by atomic mass is 9.84. The van der Waals surface area contributed by atoms with Crippen molar-refractivity contribution in [3.63, 3.8) is 0 Å². The van der Waals surface area contributed by atoms with E-state index in [1.165, 1.54) is 16.7 Å². The first-order chi connectivity index (χ1) is 9.74. The minimum atomic E-state index is -0.305. The summed E-state index contributed by atoms with van der Waals surface area (Å²) in [5.41, 5.74) is 3.57. The Labute approximate surface area is 127 Å². The van der Waals surface area contributed by atoms with Gasteiger partial charge in [-0.15, -0.1) is 0 Å². The molecule has 1 aromatic rings. The molecule has 0 radical (unpaired) electrons. The molecule has 3 atom stereocenters. The summed E-state index contributed by atoms with van der Waals surface area (Å²) < 4.78 is 6.99. The molecular weight excluding hydrogens is 262 g/mol. The summed E-state index contributed by atoms with van der Waals surface area (Å²) in [6.45, 7) is 6.84. The molecule has 0 amide bonds. The normalized spacial score (nSPS) is 34.8. The molecule has 1 spiro atoms. The van der Waals surface area contributed by atoms with E-state index in [0.717, 1.165) is 10.9 Å². The van der Waals surface area contributed by atoms with Crippen molar-refractivity contribution in [1.29, 1.82) is 0 Å². The molecule has 114 valence electrons. The molecule has 2 aliphatic heterocycles. The van der Waals surface area contributed by atoms with Crippen LogP contribution in [0, 0.1) is 13.8 Å². The summed E-state index contributed by atoms with van der Waals surface area (Å²) in [5.74, 6) is 0.249. The monoisotopic (exact) mass is 288 g/mol. The number of likely N-dealkylation sites (N-methyl/N-ethyl adjacent to an activating group) is 1. The van der Waals surface area contributed by atoms with Gasteiger partial charge in [0, 0.05) is 18.4 Å². The quantitative estimate of drug-likeness (QED) is 0.743. The SMILES string of the molecule is Cc1cc(C)cc(C2C3(CC(=O)CO3)CC(C)[N+]2(C)C)c1. The van der Waals surface area contributed by atoms with Crippen LogP contribution in [0.1, 0.15) is 42.5 Å². The first-order valence-electron chi connectivity index (χ1n) is 7.82. The van der Waals surface area contributed by atoms with Gasteiger partial charge in [-0.25, -0.2) is 0 Å². The minimum absolute atomic E-state index is 0.234. The molecule has 0 aromatic heterocycles. The van der Waals surface area contributed by atoms with E-state index in [2.05, 4.69) is 53.1 Å². The second-order valence-electron chi connectivity index (χ2n) is 7.57. The number of Topliss-reactive ketones (excluding diaryl/α,β-unsaturated/α-hetero) is 1. The summed E-state index contributed by atoms with van der Waals surface area (Å²) in [6.07, 6.45) is 1.53. The standard InChI is InChI=1S/C18H26NO2/c1-12-6-13(2)8-15(7-12)17-18(10-16(20)11-21-18)9-14(3)19(17,4)5/h6-8,14,17H,9-11H2,1-5H3/q+1. The average molecular weight is 288 g/mol. The van der Waals surface area contributed by atoms with Crippen LogP contribution in [-0.4, -0.2) is 42.6 Å². The lowest BCUT2D eigenvalue weighted by Gasteiger charge is -2.39. The van der Waals surface area contributed by atoms with Gasteiger partial charge in [0.25, 0.3) is 0 Å². The van der Waals surface area contributed by atoms with E-state index in [4.69, 9.17) is 4.74 Å². The maximum Gasteiger partial charge on any atom is 0.161 e. The van der Waals surface area contributed by atoms with Crippen molar-refractivity contribution in [3.8, 4) is 0 Å². The maximum absolute atomic E-state index is 11.9. The maximum atomic E-state index is 11.9. The highest BCUT2D eigenvalue weighted by atomic mass is 16.5. The lowest BCUT2D eigenvalue weighted by Crippen LogP contribution is -2.48. The first kappa shape index (κ1) is 14.7. The van der Waals surface area contributed by atoms with Crippen LogP contribution in [-0.2, 0) is 9.53 Å². The number of hydrogen-bond acceptors (Lipinski definition) is 2. The van der Waals surface area contributed by atoms with Crippen molar-refractivity contribution >= 4 is 5.78 Å². The molecule has 2 saturated heterocycles. The van der Waals surface area contributed by atoms with Crippen LogP contribution in [0.25, 0.3) is 0 Å². The van der Waals surface area contributed by atoms with Crippen molar-refractivity contribution in [2.45, 2.75) is 51.3 Å². The van der Waals surface area contributed by atoms with Gasteiger partial charge in [0.1, 0.15) is 18.2 Å². The molecule has 21 heavy (non-hydrogen) atoms. The molecule has 3 nitrogen and oxygen atoms in total. The molecule has 1 aromatic carbocycles. The molecular formula is C18H26NO2+. The largest absolute Gasteiger partial charge is 0.360 e. The van der Waals surface area contributed by atoms with Crippen LogP contribution < -0.4 is 0 Å². The van der Waals surface area contributed by atoms with Crippen molar-refractivity contribution in [1.82, 2.24) is 0 Å². The number of hydrogen-bond donors (Lipinski definition) is 0. The van der Waals surface area contributed by atoms with Crippen LogP contribution >= 0.6 is 0 Å². The highest BCUT2D eigenvalue weighted by Gasteiger charge is 2.62. The summed E-state index contributed by atoms with van der Waals surface area (Å²) in [6, 6.07) is 7.46. The Kier molecular flexibility index (Phi) is 3.26. The molecule has 2 heterocycles. The van der Waals surface area contributed by atoms with Gasteiger partial charge in [-0.1, -0.05) is 29.3 Å². The van der Waals surface area contributed by atoms with Crippen LogP contribution in [0.4, 0.5) is 0 Å². The third kappa shape index (κ3) is 2.23. The van der Waals surface area contributed by atoms with Gasteiger partial charge in [-0.05, 0) is 20.8 Å². The molecule has 3 unspecified atom stereocenters. The van der Waals surface area contributed by atoms with Gasteiger partial charge >= 0.3 is 0 Å². The van der Waals surface area contributed by atoms with E-state index in [1.807, 2.05) is 0 Å². The molecule has 0 bridgehead atoms. The summed E-state index contributed by atoms with van der Waals surface area (Å²) in [4.78, 5) is 11.9. The smallest absolute Gasteiger partial charge is 0.161 e. The number of rotatable bonds is 1. The third-order valence-corrected chi connectivity index (χ3v) is 5.52. The Bertz CT molecular complexity index is 573. The van der Waals surface area contributed by atoms with Crippen molar-refractivity contribution < 1.29 is 14.0 Å². The zero-order valence-electron chi connectivity index (χ0n) is 13.8. The van der Waals surface area contributed by atoms with E-state index in [9.17, 15) is 4.79 Å². The van der Waals surface area contributed by atoms with Crippen LogP contribution in [0.5, 0.6) is 0 Å². The van der Waals surface area contributed by atoms with Crippen molar-refractivity contribution in [2.75, 3.05) is 20.7 Å². The fourth-order valence-corrected chi connectivity index (χ4v) is 4.53. The fraction of sp³-hybridized carbons (Fsp3) is 0.611. The average Bonchev–Trinajstić information content (AvgIpc) is 2.77. The third-order valence-electron chi connectivity index (χ3n) is 5.52. The molecule has 2 fully saturated rings. The fourth-order valence-electron chi connectivity index (χ4n) is 4.53. The van der Waals surface area contributed by atoms with Gasteiger partial charge in [-0.2, -0.15) is 0 Å². The second kappa shape index (κ2) is 4.65. The Morgan fingerprint density at radius 1 is 1.19 bits per heavy atom. The molecule has 0 saturated carbocycles. The first-order valence-corrected chi connectivity index (χ1v) is 7.82. The number of carbonyl (C=O) groups is 1. The number of likely N-dealkylation sites (tertiary alicyclic amines) is 1. The Morgan fingerprint density at radius 3 is 2.33 bits per heavy atom. The van der Waals surface area contributed by atoms with E-state index < -0.39 is 0 Å². The van der Waals surface area contributed by atoms with Gasteiger partial charge in [-0.3, -0.25) is 4.79 Å². The molecule has 2 aliphatic rings. The van der Waals surface area contributed by atoms with E-state index in [0.29, 0.717) is 12.5 Å². The summed E-state index contributed by atoms with van der Waals surface area (Å²) in [5, 5.41) is 0. The van der Waals surface area contributed by atoms with Crippen LogP contribution in [0.2, 0.25) is 0 Å². The zero-order valence-corrected chi connectivity index (χ0v) is 13.8. The number of aryl methyl sites for hydroxylation is 2. The highest BCUT2D eigenvalue weighted by molar-refractivity contribution is 5.83. The van der Waals surface area contributed by atoms with Gasteiger partial charge in [0.2, 0.25) is 0 Å². The Hall–Kier alpha value is -1.19.